The van der Waals surface area contributed by atoms with Gasteiger partial charge >= 0.3 is 0 Å². The summed E-state index contributed by atoms with van der Waals surface area (Å²) in [5, 5.41) is 6.64. The molecule has 0 saturated carbocycles. The SMILES string of the molecule is NNC(=O)CN[C@@H](c1ccccc1)c1cc(Cl)ccc1NC(=O)c1ccccc1. The predicted octanol–water partition coefficient (Wildman–Crippen LogP) is 3.26. The van der Waals surface area contributed by atoms with Crippen LogP contribution in [0.2, 0.25) is 5.02 Å². The number of halogens is 1. The minimum atomic E-state index is -0.390. The first-order valence-electron chi connectivity index (χ1n) is 9.02. The summed E-state index contributed by atoms with van der Waals surface area (Å²) in [5.74, 6) is 4.61. The van der Waals surface area contributed by atoms with Crippen molar-refractivity contribution in [2.24, 2.45) is 5.84 Å². The number of hydrazine groups is 1. The number of amides is 2. The molecule has 0 saturated heterocycles. The van der Waals surface area contributed by atoms with Crippen molar-refractivity contribution in [3.63, 3.8) is 0 Å². The van der Waals surface area contributed by atoms with E-state index in [2.05, 4.69) is 16.1 Å². The van der Waals surface area contributed by atoms with Gasteiger partial charge in [0.2, 0.25) is 5.91 Å². The number of hydrogen-bond acceptors (Lipinski definition) is 4. The number of anilines is 1. The van der Waals surface area contributed by atoms with Crippen molar-refractivity contribution < 1.29 is 9.59 Å². The third-order valence-electron chi connectivity index (χ3n) is 4.37. The van der Waals surface area contributed by atoms with Crippen LogP contribution < -0.4 is 21.9 Å². The molecule has 7 heteroatoms. The number of nitrogens with two attached hydrogens (primary N) is 1. The summed E-state index contributed by atoms with van der Waals surface area (Å²) in [5.41, 5.74) is 4.89. The molecule has 5 N–H and O–H groups in total. The Kier molecular flexibility index (Phi) is 6.97. The highest BCUT2D eigenvalue weighted by molar-refractivity contribution is 6.30. The summed E-state index contributed by atoms with van der Waals surface area (Å²) in [4.78, 5) is 24.4. The molecule has 0 spiro atoms. The number of carbonyl (C=O) groups is 2. The van der Waals surface area contributed by atoms with Gasteiger partial charge in [0, 0.05) is 16.3 Å². The molecular formula is C22H21ClN4O2. The van der Waals surface area contributed by atoms with E-state index in [9.17, 15) is 9.59 Å². The fourth-order valence-corrected chi connectivity index (χ4v) is 3.15. The van der Waals surface area contributed by atoms with E-state index in [1.165, 1.54) is 0 Å². The van der Waals surface area contributed by atoms with Gasteiger partial charge in [0.15, 0.2) is 0 Å². The fourth-order valence-electron chi connectivity index (χ4n) is 2.97. The van der Waals surface area contributed by atoms with Gasteiger partial charge in [-0.2, -0.15) is 0 Å². The topological polar surface area (TPSA) is 96.2 Å². The van der Waals surface area contributed by atoms with E-state index in [-0.39, 0.29) is 18.4 Å². The molecule has 148 valence electrons. The van der Waals surface area contributed by atoms with Crippen LogP contribution in [0.25, 0.3) is 0 Å². The molecule has 0 aliphatic rings. The minimum Gasteiger partial charge on any atom is -0.322 e. The van der Waals surface area contributed by atoms with Crippen molar-refractivity contribution in [1.29, 1.82) is 0 Å². The Labute approximate surface area is 174 Å². The lowest BCUT2D eigenvalue weighted by atomic mass is 9.96. The second-order valence-corrected chi connectivity index (χ2v) is 6.78. The van der Waals surface area contributed by atoms with Gasteiger partial charge in [-0.25, -0.2) is 5.84 Å². The van der Waals surface area contributed by atoms with Gasteiger partial charge in [0.1, 0.15) is 0 Å². The molecule has 0 radical (unpaired) electrons. The molecule has 3 aromatic rings. The molecule has 0 bridgehead atoms. The molecule has 3 aromatic carbocycles. The van der Waals surface area contributed by atoms with E-state index in [1.807, 2.05) is 36.4 Å². The van der Waals surface area contributed by atoms with Crippen LogP contribution in [0.15, 0.2) is 78.9 Å². The van der Waals surface area contributed by atoms with E-state index < -0.39 is 6.04 Å². The van der Waals surface area contributed by atoms with Crippen molar-refractivity contribution in [1.82, 2.24) is 10.7 Å². The maximum Gasteiger partial charge on any atom is 0.255 e. The molecule has 6 nitrogen and oxygen atoms in total. The average Bonchev–Trinajstić information content (AvgIpc) is 2.76. The molecule has 2 amide bonds. The Bertz CT molecular complexity index is 981. The highest BCUT2D eigenvalue weighted by Gasteiger charge is 2.20. The van der Waals surface area contributed by atoms with Crippen LogP contribution in [0.4, 0.5) is 5.69 Å². The third kappa shape index (κ3) is 5.42. The first-order valence-corrected chi connectivity index (χ1v) is 9.40. The van der Waals surface area contributed by atoms with Crippen molar-refractivity contribution in [3.05, 3.63) is 101 Å². The Morgan fingerprint density at radius 1 is 0.931 bits per heavy atom. The Morgan fingerprint density at radius 3 is 2.24 bits per heavy atom. The molecule has 0 heterocycles. The highest BCUT2D eigenvalue weighted by Crippen LogP contribution is 2.31. The zero-order valence-electron chi connectivity index (χ0n) is 15.6. The average molecular weight is 409 g/mol. The van der Waals surface area contributed by atoms with Crippen molar-refractivity contribution in [2.45, 2.75) is 6.04 Å². The van der Waals surface area contributed by atoms with Gasteiger partial charge in [0.25, 0.3) is 5.91 Å². The molecule has 3 rings (SSSR count). The van der Waals surface area contributed by atoms with Crippen molar-refractivity contribution in [3.8, 4) is 0 Å². The maximum absolute atomic E-state index is 12.7. The number of carbonyl (C=O) groups excluding carboxylic acids is 2. The first kappa shape index (κ1) is 20.5. The zero-order chi connectivity index (χ0) is 20.6. The lowest BCUT2D eigenvalue weighted by Gasteiger charge is -2.23. The van der Waals surface area contributed by atoms with Crippen LogP contribution in [-0.4, -0.2) is 18.4 Å². The number of benzene rings is 3. The van der Waals surface area contributed by atoms with Crippen LogP contribution in [0.3, 0.4) is 0 Å². The standard InChI is InChI=1S/C22H21ClN4O2/c23-17-11-12-19(26-22(29)16-9-5-2-6-10-16)18(13-17)21(25-14-20(28)27-24)15-7-3-1-4-8-15/h1-13,21,25H,14,24H2,(H,26,29)(H,27,28)/t21-/m0/s1. The summed E-state index contributed by atoms with van der Waals surface area (Å²) in [6.45, 7) is -0.00531. The Balaban J connectivity index is 1.97. The van der Waals surface area contributed by atoms with Crippen LogP contribution in [-0.2, 0) is 4.79 Å². The van der Waals surface area contributed by atoms with E-state index in [1.54, 1.807) is 42.5 Å². The van der Waals surface area contributed by atoms with Crippen LogP contribution in [0.5, 0.6) is 0 Å². The lowest BCUT2D eigenvalue weighted by Crippen LogP contribution is -2.39. The predicted molar refractivity (Wildman–Crippen MR) is 114 cm³/mol. The lowest BCUT2D eigenvalue weighted by molar-refractivity contribution is -0.120. The van der Waals surface area contributed by atoms with Gasteiger partial charge < -0.3 is 5.32 Å². The largest absolute Gasteiger partial charge is 0.322 e. The second-order valence-electron chi connectivity index (χ2n) is 6.34. The summed E-state index contributed by atoms with van der Waals surface area (Å²) < 4.78 is 0. The number of rotatable bonds is 7. The normalized spacial score (nSPS) is 11.5. The molecular weight excluding hydrogens is 388 g/mol. The van der Waals surface area contributed by atoms with Crippen molar-refractivity contribution in [2.75, 3.05) is 11.9 Å². The van der Waals surface area contributed by atoms with Gasteiger partial charge in [-0.3, -0.25) is 20.3 Å². The number of hydrogen-bond donors (Lipinski definition) is 4. The third-order valence-corrected chi connectivity index (χ3v) is 4.60. The zero-order valence-corrected chi connectivity index (χ0v) is 16.3. The van der Waals surface area contributed by atoms with Crippen molar-refractivity contribution >= 4 is 29.1 Å². The van der Waals surface area contributed by atoms with E-state index in [4.69, 9.17) is 17.4 Å². The molecule has 0 aliphatic carbocycles. The quantitative estimate of drug-likeness (QED) is 0.274. The molecule has 0 fully saturated rings. The summed E-state index contributed by atoms with van der Waals surface area (Å²) in [7, 11) is 0. The van der Waals surface area contributed by atoms with Gasteiger partial charge in [0.05, 0.1) is 12.6 Å². The maximum atomic E-state index is 12.7. The Morgan fingerprint density at radius 2 is 1.59 bits per heavy atom. The monoisotopic (exact) mass is 408 g/mol. The molecule has 0 aromatic heterocycles. The molecule has 0 unspecified atom stereocenters. The summed E-state index contributed by atoms with van der Waals surface area (Å²) >= 11 is 6.25. The first-order chi connectivity index (χ1) is 14.1. The summed E-state index contributed by atoms with van der Waals surface area (Å²) in [6.07, 6.45) is 0. The van der Waals surface area contributed by atoms with E-state index in [0.717, 1.165) is 11.1 Å². The van der Waals surface area contributed by atoms with Gasteiger partial charge in [-0.1, -0.05) is 60.1 Å². The fraction of sp³-hybridized carbons (Fsp3) is 0.0909. The van der Waals surface area contributed by atoms with Crippen LogP contribution in [0.1, 0.15) is 27.5 Å². The second kappa shape index (κ2) is 9.84. The van der Waals surface area contributed by atoms with E-state index in [0.29, 0.717) is 16.3 Å². The summed E-state index contributed by atoms with van der Waals surface area (Å²) in [6, 6.07) is 23.3. The van der Waals surface area contributed by atoms with Gasteiger partial charge in [-0.05, 0) is 41.5 Å². The minimum absolute atomic E-state index is 0.00531. The molecule has 0 aliphatic heterocycles. The molecule has 29 heavy (non-hydrogen) atoms. The van der Waals surface area contributed by atoms with Gasteiger partial charge in [-0.15, -0.1) is 0 Å². The highest BCUT2D eigenvalue weighted by atomic mass is 35.5. The smallest absolute Gasteiger partial charge is 0.255 e. The van der Waals surface area contributed by atoms with E-state index >= 15 is 0 Å². The van der Waals surface area contributed by atoms with Crippen LogP contribution in [0, 0.1) is 0 Å². The van der Waals surface area contributed by atoms with Crippen LogP contribution >= 0.6 is 11.6 Å². The molecule has 1 atom stereocenters. The number of nitrogens with one attached hydrogen (secondary N) is 3. The Hall–Kier alpha value is -3.19.